The van der Waals surface area contributed by atoms with Crippen LogP contribution < -0.4 is 5.32 Å². The Bertz CT molecular complexity index is 672. The maximum Gasteiger partial charge on any atom is 0.230 e. The van der Waals surface area contributed by atoms with Gasteiger partial charge in [0.05, 0.1) is 18.1 Å². The topological polar surface area (TPSA) is 45.5 Å². The van der Waals surface area contributed by atoms with Crippen LogP contribution in [-0.2, 0) is 10.5 Å². The second kappa shape index (κ2) is 9.32. The van der Waals surface area contributed by atoms with Crippen molar-refractivity contribution >= 4 is 29.3 Å². The van der Waals surface area contributed by atoms with E-state index in [1.54, 1.807) is 18.0 Å². The molecule has 1 aromatic heterocycles. The summed E-state index contributed by atoms with van der Waals surface area (Å²) in [5.41, 5.74) is 1.14. The van der Waals surface area contributed by atoms with E-state index in [1.165, 1.54) is 12.8 Å². The number of hydrogen-bond donors (Lipinski definition) is 1. The summed E-state index contributed by atoms with van der Waals surface area (Å²) in [6.45, 7) is 2.71. The maximum atomic E-state index is 12.2. The van der Waals surface area contributed by atoms with Gasteiger partial charge >= 0.3 is 0 Å². The Hall–Kier alpha value is -1.43. The molecule has 0 saturated carbocycles. The van der Waals surface area contributed by atoms with E-state index in [2.05, 4.69) is 10.2 Å². The van der Waals surface area contributed by atoms with E-state index in [4.69, 9.17) is 16.0 Å². The van der Waals surface area contributed by atoms with Crippen molar-refractivity contribution < 1.29 is 9.21 Å². The van der Waals surface area contributed by atoms with Crippen molar-refractivity contribution in [3.8, 4) is 0 Å². The molecule has 4 nitrogen and oxygen atoms in total. The van der Waals surface area contributed by atoms with Gasteiger partial charge in [0.25, 0.3) is 0 Å². The quantitative estimate of drug-likeness (QED) is 0.750. The molecule has 1 N–H and O–H groups in total. The van der Waals surface area contributed by atoms with Gasteiger partial charge in [-0.05, 0) is 55.8 Å². The van der Waals surface area contributed by atoms with Crippen LogP contribution in [-0.4, -0.2) is 36.2 Å². The number of likely N-dealkylation sites (tertiary alicyclic amines) is 1. The molecule has 25 heavy (non-hydrogen) atoms. The van der Waals surface area contributed by atoms with E-state index >= 15 is 0 Å². The molecule has 1 aromatic carbocycles. The molecule has 0 bridgehead atoms. The van der Waals surface area contributed by atoms with Crippen LogP contribution in [0.4, 0.5) is 0 Å². The Morgan fingerprint density at radius 3 is 2.84 bits per heavy atom. The number of hydrogen-bond acceptors (Lipinski definition) is 4. The zero-order valence-corrected chi connectivity index (χ0v) is 15.7. The fraction of sp³-hybridized carbons (Fsp3) is 0.421. The predicted octanol–water partition coefficient (Wildman–Crippen LogP) is 4.12. The summed E-state index contributed by atoms with van der Waals surface area (Å²) < 4.78 is 5.58. The van der Waals surface area contributed by atoms with Crippen LogP contribution in [0.3, 0.4) is 0 Å². The summed E-state index contributed by atoms with van der Waals surface area (Å²) in [5.74, 6) is 2.20. The van der Waals surface area contributed by atoms with Gasteiger partial charge in [0.2, 0.25) is 5.91 Å². The molecule has 3 rings (SSSR count). The molecule has 1 aliphatic rings. The molecule has 1 saturated heterocycles. The number of amides is 1. The Kier molecular flexibility index (Phi) is 6.84. The first-order valence-electron chi connectivity index (χ1n) is 8.59. The molecular formula is C19H23ClN2O2S. The molecule has 1 fully saturated rings. The van der Waals surface area contributed by atoms with Crippen molar-refractivity contribution in [1.29, 1.82) is 0 Å². The minimum Gasteiger partial charge on any atom is -0.468 e. The van der Waals surface area contributed by atoms with Crippen LogP contribution in [0.15, 0.2) is 47.1 Å². The standard InChI is InChI=1S/C19H23ClN2O2S/c20-16-6-3-5-15(11-16)13-25-14-19(23)21-12-17(18-7-4-10-24-18)22-8-1-2-9-22/h3-7,10-11,17H,1-2,8-9,12-14H2,(H,21,23). The lowest BCUT2D eigenvalue weighted by Crippen LogP contribution is -2.37. The third kappa shape index (κ3) is 5.53. The number of carbonyl (C=O) groups excluding carboxylic acids is 1. The summed E-state index contributed by atoms with van der Waals surface area (Å²) >= 11 is 7.58. The normalized spacial score (nSPS) is 16.0. The van der Waals surface area contributed by atoms with E-state index in [-0.39, 0.29) is 11.9 Å². The van der Waals surface area contributed by atoms with Crippen LogP contribution in [0.2, 0.25) is 5.02 Å². The molecule has 134 valence electrons. The van der Waals surface area contributed by atoms with Gasteiger partial charge in [-0.3, -0.25) is 9.69 Å². The molecule has 1 atom stereocenters. The number of rotatable bonds is 8. The van der Waals surface area contributed by atoms with Gasteiger partial charge in [-0.1, -0.05) is 23.7 Å². The average molecular weight is 379 g/mol. The molecule has 1 unspecified atom stereocenters. The Balaban J connectivity index is 1.45. The minimum absolute atomic E-state index is 0.0581. The third-order valence-corrected chi connectivity index (χ3v) is 5.58. The van der Waals surface area contributed by atoms with Crippen molar-refractivity contribution in [1.82, 2.24) is 10.2 Å². The van der Waals surface area contributed by atoms with E-state index in [0.29, 0.717) is 12.3 Å². The molecule has 0 radical (unpaired) electrons. The van der Waals surface area contributed by atoms with Gasteiger partial charge in [0, 0.05) is 17.3 Å². The van der Waals surface area contributed by atoms with Gasteiger partial charge < -0.3 is 9.73 Å². The monoisotopic (exact) mass is 378 g/mol. The summed E-state index contributed by atoms with van der Waals surface area (Å²) in [7, 11) is 0. The van der Waals surface area contributed by atoms with Crippen molar-refractivity contribution in [3.05, 3.63) is 59.0 Å². The molecule has 2 heterocycles. The number of furan rings is 1. The van der Waals surface area contributed by atoms with Crippen molar-refractivity contribution in [3.63, 3.8) is 0 Å². The van der Waals surface area contributed by atoms with Gasteiger partial charge in [0.1, 0.15) is 5.76 Å². The van der Waals surface area contributed by atoms with Crippen LogP contribution in [0.5, 0.6) is 0 Å². The summed E-state index contributed by atoms with van der Waals surface area (Å²) in [6, 6.07) is 11.8. The van der Waals surface area contributed by atoms with Gasteiger partial charge in [0.15, 0.2) is 0 Å². The number of benzene rings is 1. The van der Waals surface area contributed by atoms with E-state index in [1.807, 2.05) is 36.4 Å². The number of nitrogens with zero attached hydrogens (tertiary/aromatic N) is 1. The summed E-state index contributed by atoms with van der Waals surface area (Å²) in [5, 5.41) is 3.79. The van der Waals surface area contributed by atoms with Crippen LogP contribution in [0.25, 0.3) is 0 Å². The molecular weight excluding hydrogens is 356 g/mol. The Morgan fingerprint density at radius 1 is 1.28 bits per heavy atom. The molecule has 1 amide bonds. The molecule has 1 aliphatic heterocycles. The van der Waals surface area contributed by atoms with Gasteiger partial charge in [-0.15, -0.1) is 11.8 Å². The highest BCUT2D eigenvalue weighted by Crippen LogP contribution is 2.25. The lowest BCUT2D eigenvalue weighted by atomic mass is 10.2. The first kappa shape index (κ1) is 18.4. The van der Waals surface area contributed by atoms with Crippen molar-refractivity contribution in [2.24, 2.45) is 0 Å². The highest BCUT2D eigenvalue weighted by Gasteiger charge is 2.25. The fourth-order valence-corrected chi connectivity index (χ4v) is 4.11. The van der Waals surface area contributed by atoms with Gasteiger partial charge in [-0.2, -0.15) is 0 Å². The lowest BCUT2D eigenvalue weighted by molar-refractivity contribution is -0.118. The van der Waals surface area contributed by atoms with E-state index in [0.717, 1.165) is 35.2 Å². The zero-order chi connectivity index (χ0) is 17.5. The number of halogens is 1. The predicted molar refractivity (Wildman–Crippen MR) is 103 cm³/mol. The zero-order valence-electron chi connectivity index (χ0n) is 14.1. The first-order chi connectivity index (χ1) is 12.2. The highest BCUT2D eigenvalue weighted by molar-refractivity contribution is 7.99. The average Bonchev–Trinajstić information content (AvgIpc) is 3.29. The minimum atomic E-state index is 0.0581. The van der Waals surface area contributed by atoms with Crippen molar-refractivity contribution in [2.75, 3.05) is 25.4 Å². The number of nitrogens with one attached hydrogen (secondary N) is 1. The number of carbonyl (C=O) groups is 1. The Morgan fingerprint density at radius 2 is 2.12 bits per heavy atom. The van der Waals surface area contributed by atoms with Crippen molar-refractivity contribution in [2.45, 2.75) is 24.6 Å². The fourth-order valence-electron chi connectivity index (χ4n) is 3.09. The van der Waals surface area contributed by atoms with Crippen LogP contribution in [0, 0.1) is 0 Å². The SMILES string of the molecule is O=C(CSCc1cccc(Cl)c1)NCC(c1ccco1)N1CCCC1. The molecule has 0 spiro atoms. The van der Waals surface area contributed by atoms with Crippen LogP contribution in [0.1, 0.15) is 30.2 Å². The smallest absolute Gasteiger partial charge is 0.230 e. The second-order valence-electron chi connectivity index (χ2n) is 6.20. The number of thioether (sulfide) groups is 1. The summed E-state index contributed by atoms with van der Waals surface area (Å²) in [4.78, 5) is 14.6. The molecule has 2 aromatic rings. The van der Waals surface area contributed by atoms with E-state index < -0.39 is 0 Å². The molecule has 6 heteroatoms. The van der Waals surface area contributed by atoms with Crippen LogP contribution >= 0.6 is 23.4 Å². The highest BCUT2D eigenvalue weighted by atomic mass is 35.5. The summed E-state index contributed by atoms with van der Waals surface area (Å²) in [6.07, 6.45) is 4.11. The first-order valence-corrected chi connectivity index (χ1v) is 10.1. The van der Waals surface area contributed by atoms with E-state index in [9.17, 15) is 4.79 Å². The maximum absolute atomic E-state index is 12.2. The largest absolute Gasteiger partial charge is 0.468 e. The second-order valence-corrected chi connectivity index (χ2v) is 7.62. The Labute approximate surface area is 157 Å². The molecule has 0 aliphatic carbocycles. The van der Waals surface area contributed by atoms with Gasteiger partial charge in [-0.25, -0.2) is 0 Å². The lowest BCUT2D eigenvalue weighted by Gasteiger charge is -2.26. The third-order valence-electron chi connectivity index (χ3n) is 4.34.